The topological polar surface area (TPSA) is 69.3 Å². The van der Waals surface area contributed by atoms with E-state index < -0.39 is 0 Å². The maximum Gasteiger partial charge on any atom is 3.00 e. The fourth-order valence-electron chi connectivity index (χ4n) is 1.72. The van der Waals surface area contributed by atoms with Gasteiger partial charge in [-0.3, -0.25) is 0 Å². The fraction of sp³-hybridized carbons (Fsp3) is 0.154. The first-order valence-corrected chi connectivity index (χ1v) is 10.9. The molecule has 0 N–H and O–H groups in total. The van der Waals surface area contributed by atoms with Crippen LogP contribution in [-0.4, -0.2) is 12.5 Å². The molecule has 0 aliphatic carbocycles. The van der Waals surface area contributed by atoms with Gasteiger partial charge in [0.25, 0.3) is 0 Å². The quantitative estimate of drug-likeness (QED) is 0.0970. The molecule has 0 aromatic heterocycles. The van der Waals surface area contributed by atoms with Gasteiger partial charge in [0.15, 0.2) is 0 Å². The third-order valence-corrected chi connectivity index (χ3v) is 3.21. The molecule has 0 saturated heterocycles. The van der Waals surface area contributed by atoms with Gasteiger partial charge < -0.3 is 76.9 Å². The molecule has 0 saturated carbocycles. The molecule has 178 valence electrons. The normalized spacial score (nSPS) is 7.47. The zero-order valence-corrected chi connectivity index (χ0v) is 25.2. The summed E-state index contributed by atoms with van der Waals surface area (Å²) in [7, 11) is 0. The molecule has 0 atom stereocenters. The molecule has 4 rings (SSSR count). The zero-order valence-electron chi connectivity index (χ0n) is 19.5. The minimum Gasteiger partial charge on any atom is -0.999 e. The van der Waals surface area contributed by atoms with Crippen LogP contribution < -0.4 is 0 Å². The van der Waals surface area contributed by atoms with Crippen molar-refractivity contribution in [2.24, 2.45) is 10.2 Å². The summed E-state index contributed by atoms with van der Waals surface area (Å²) < 4.78 is 0. The standard InChI is InChI=1S/2C7H7N2.C5H5.C5H.2CH4S.2Mo/c2*1-6-2-4-7(9-8)5-3-6;2*1-2-4-5-3-1;2*1-2;;/h2*2-5H,1H3;1-5H;1H;2*2H,1H3;;/q3*-1;-5;;;2*+3/p-2. The molecule has 0 aliphatic heterocycles. The Balaban J connectivity index is -0.000000169. The van der Waals surface area contributed by atoms with Crippen molar-refractivity contribution in [3.05, 3.63) is 131 Å². The van der Waals surface area contributed by atoms with Crippen LogP contribution in [0.1, 0.15) is 11.1 Å². The van der Waals surface area contributed by atoms with E-state index in [1.807, 2.05) is 68.4 Å². The summed E-state index contributed by atoms with van der Waals surface area (Å²) in [5.41, 5.74) is 20.0. The van der Waals surface area contributed by atoms with E-state index in [9.17, 15) is 0 Å². The van der Waals surface area contributed by atoms with E-state index in [0.717, 1.165) is 0 Å². The molecule has 4 aromatic rings. The molecule has 0 bridgehead atoms. The van der Waals surface area contributed by atoms with E-state index in [-0.39, 0.29) is 42.1 Å². The van der Waals surface area contributed by atoms with Crippen LogP contribution in [0, 0.1) is 38.1 Å². The van der Waals surface area contributed by atoms with Gasteiger partial charge in [-0.1, -0.05) is 35.4 Å². The Kier molecular flexibility index (Phi) is 36.6. The van der Waals surface area contributed by atoms with E-state index >= 15 is 0 Å². The summed E-state index contributed by atoms with van der Waals surface area (Å²) in [5, 5.41) is 6.02. The van der Waals surface area contributed by atoms with Crippen molar-refractivity contribution in [3.8, 4) is 0 Å². The van der Waals surface area contributed by atoms with E-state index in [1.54, 1.807) is 42.8 Å². The van der Waals surface area contributed by atoms with E-state index in [2.05, 4.69) is 59.8 Å². The Labute approximate surface area is 245 Å². The van der Waals surface area contributed by atoms with Crippen molar-refractivity contribution in [3.63, 3.8) is 0 Å². The summed E-state index contributed by atoms with van der Waals surface area (Å²) in [6.45, 7) is 3.97. The Morgan fingerprint density at radius 1 is 0.647 bits per heavy atom. The third-order valence-electron chi connectivity index (χ3n) is 3.21. The molecule has 8 heteroatoms. The van der Waals surface area contributed by atoms with Gasteiger partial charge in [0.1, 0.15) is 0 Å². The van der Waals surface area contributed by atoms with Crippen LogP contribution in [0.3, 0.4) is 0 Å². The molecule has 4 aromatic carbocycles. The minimum absolute atomic E-state index is 0. The summed E-state index contributed by atoms with van der Waals surface area (Å²) >= 11 is 8.17. The first-order valence-electron chi connectivity index (χ1n) is 9.30. The maximum atomic E-state index is 8.25. The van der Waals surface area contributed by atoms with Gasteiger partial charge in [0.05, 0.1) is 0 Å². The van der Waals surface area contributed by atoms with Crippen molar-refractivity contribution >= 4 is 36.6 Å². The maximum absolute atomic E-state index is 8.25. The van der Waals surface area contributed by atoms with Crippen molar-refractivity contribution in [1.29, 1.82) is 0 Å². The van der Waals surface area contributed by atoms with Gasteiger partial charge in [0.2, 0.25) is 0 Å². The van der Waals surface area contributed by atoms with Crippen LogP contribution in [0.5, 0.6) is 0 Å². The molecule has 34 heavy (non-hydrogen) atoms. The average molecular weight is 651 g/mol. The van der Waals surface area contributed by atoms with Crippen molar-refractivity contribution in [1.82, 2.24) is 0 Å². The predicted molar refractivity (Wildman–Crippen MR) is 139 cm³/mol. The van der Waals surface area contributed by atoms with Crippen LogP contribution in [0.4, 0.5) is 11.4 Å². The van der Waals surface area contributed by atoms with Crippen molar-refractivity contribution in [2.75, 3.05) is 12.5 Å². The Morgan fingerprint density at radius 2 is 0.971 bits per heavy atom. The predicted octanol–water partition coefficient (Wildman–Crippen LogP) is 7.63. The monoisotopic (exact) mass is 654 g/mol. The van der Waals surface area contributed by atoms with Gasteiger partial charge in [-0.2, -0.15) is 30.7 Å². The smallest absolute Gasteiger partial charge is 0.999 e. The van der Waals surface area contributed by atoms with E-state index in [0.29, 0.717) is 11.4 Å². The van der Waals surface area contributed by atoms with Crippen molar-refractivity contribution < 1.29 is 42.1 Å². The van der Waals surface area contributed by atoms with Gasteiger partial charge in [-0.05, 0) is 38.1 Å². The second-order valence-electron chi connectivity index (χ2n) is 5.52. The molecule has 0 heterocycles. The number of hydrogen-bond acceptors (Lipinski definition) is 4. The van der Waals surface area contributed by atoms with Crippen molar-refractivity contribution in [2.45, 2.75) is 13.8 Å². The minimum atomic E-state index is 0. The Morgan fingerprint density at radius 3 is 1.15 bits per heavy atom. The molecular weight excluding hydrogens is 624 g/mol. The Bertz CT molecular complexity index is 756. The van der Waals surface area contributed by atoms with Crippen LogP contribution in [0.25, 0.3) is 11.1 Å². The molecular formula is C26H26Mo2N4S2-4. The summed E-state index contributed by atoms with van der Waals surface area (Å²) in [6, 6.07) is 36.6. The van der Waals surface area contributed by atoms with E-state index in [1.165, 1.54) is 11.1 Å². The molecule has 0 fully saturated rings. The molecule has 0 unspecified atom stereocenters. The second-order valence-corrected chi connectivity index (χ2v) is 5.52. The molecule has 0 amide bonds. The first-order chi connectivity index (χ1) is 15.7. The number of rotatable bonds is 2. The average Bonchev–Trinajstić information content (AvgIpc) is 3.63. The van der Waals surface area contributed by atoms with E-state index in [4.69, 9.17) is 11.1 Å². The first kappa shape index (κ1) is 39.6. The SMILES string of the molecule is C[S-].C[S-].Cc1ccc(N=[N-])cc1.Cc1ccc(N=[N-])cc1.[Mo+3].[Mo+3].[c-]1[c-][c-][cH-][c-]1.c1cc[cH-]c1. The Hall–Kier alpha value is -1.58. The zero-order chi connectivity index (χ0) is 24.5. The van der Waals surface area contributed by atoms with Gasteiger partial charge in [0, 0.05) is 11.4 Å². The molecule has 0 aliphatic rings. The summed E-state index contributed by atoms with van der Waals surface area (Å²) in [6.07, 6.45) is 3.17. The van der Waals surface area contributed by atoms with Crippen LogP contribution >= 0.6 is 0 Å². The fourth-order valence-corrected chi connectivity index (χ4v) is 1.72. The summed E-state index contributed by atoms with van der Waals surface area (Å²) in [5.74, 6) is 0. The number of aryl methyl sites for hydroxylation is 2. The largest absolute Gasteiger partial charge is 3.00 e. The second kappa shape index (κ2) is 31.4. The van der Waals surface area contributed by atoms with Gasteiger partial charge >= 0.3 is 42.1 Å². The van der Waals surface area contributed by atoms with Gasteiger partial charge in [-0.25, -0.2) is 12.1 Å². The number of nitrogens with zero attached hydrogens (tertiary/aromatic N) is 4. The van der Waals surface area contributed by atoms with Crippen LogP contribution in [0.2, 0.25) is 0 Å². The van der Waals surface area contributed by atoms with Gasteiger partial charge in [-0.15, -0.1) is 0 Å². The number of benzene rings is 2. The molecule has 4 nitrogen and oxygen atoms in total. The molecule has 2 radical (unpaired) electrons. The van der Waals surface area contributed by atoms with Crippen LogP contribution in [-0.2, 0) is 67.4 Å². The van der Waals surface area contributed by atoms with Crippen LogP contribution in [0.15, 0.2) is 95.2 Å². The third kappa shape index (κ3) is 25.0. The summed E-state index contributed by atoms with van der Waals surface area (Å²) in [4.78, 5) is 0. The molecule has 0 spiro atoms. The number of hydrogen-bond donors (Lipinski definition) is 0.